The van der Waals surface area contributed by atoms with E-state index in [1.54, 1.807) is 23.9 Å². The van der Waals surface area contributed by atoms with E-state index in [1.807, 2.05) is 6.07 Å². The summed E-state index contributed by atoms with van der Waals surface area (Å²) in [5.74, 6) is 0.675. The molecule has 0 radical (unpaired) electrons. The second-order valence-corrected chi connectivity index (χ2v) is 5.39. The summed E-state index contributed by atoms with van der Waals surface area (Å²) in [4.78, 5) is 16.1. The molecule has 0 saturated heterocycles. The highest BCUT2D eigenvalue weighted by Crippen LogP contribution is 2.21. The van der Waals surface area contributed by atoms with Crippen LogP contribution in [0.1, 0.15) is 16.2 Å². The van der Waals surface area contributed by atoms with Crippen LogP contribution in [0.5, 0.6) is 0 Å². The second kappa shape index (κ2) is 5.10. The number of halogens is 2. The molecule has 4 nitrogen and oxygen atoms in total. The Morgan fingerprint density at radius 1 is 1.29 bits per heavy atom. The van der Waals surface area contributed by atoms with Gasteiger partial charge in [0.25, 0.3) is 0 Å². The van der Waals surface area contributed by atoms with Gasteiger partial charge in [-0.3, -0.25) is 9.48 Å². The van der Waals surface area contributed by atoms with E-state index < -0.39 is 0 Å². The fourth-order valence-electron chi connectivity index (χ4n) is 1.44. The standard InChI is InChI=1S/C11H9Br2N3O/c1-16-11(14-6-15-16)5-10(17)7-2-8(12)4-9(13)3-7/h2-4,6H,5H2,1H3. The number of nitrogens with zero attached hydrogens (tertiary/aromatic N) is 3. The highest BCUT2D eigenvalue weighted by Gasteiger charge is 2.11. The first-order valence-electron chi connectivity index (χ1n) is 4.88. The molecule has 0 aliphatic carbocycles. The molecule has 0 N–H and O–H groups in total. The topological polar surface area (TPSA) is 47.8 Å². The summed E-state index contributed by atoms with van der Waals surface area (Å²) in [6.45, 7) is 0. The normalized spacial score (nSPS) is 10.5. The largest absolute Gasteiger partial charge is 0.294 e. The van der Waals surface area contributed by atoms with Crippen LogP contribution < -0.4 is 0 Å². The number of hydrogen-bond acceptors (Lipinski definition) is 3. The van der Waals surface area contributed by atoms with Crippen molar-refractivity contribution in [3.05, 3.63) is 44.9 Å². The minimum atomic E-state index is 0.0168. The van der Waals surface area contributed by atoms with Crippen LogP contribution in [0, 0.1) is 0 Å². The molecule has 0 spiro atoms. The maximum Gasteiger partial charge on any atom is 0.170 e. The highest BCUT2D eigenvalue weighted by molar-refractivity contribution is 9.11. The first-order chi connectivity index (χ1) is 8.06. The van der Waals surface area contributed by atoms with Crippen molar-refractivity contribution in [3.8, 4) is 0 Å². The van der Waals surface area contributed by atoms with Crippen molar-refractivity contribution >= 4 is 37.6 Å². The van der Waals surface area contributed by atoms with Gasteiger partial charge in [0, 0.05) is 21.6 Å². The Balaban J connectivity index is 2.23. The van der Waals surface area contributed by atoms with Crippen molar-refractivity contribution in [2.75, 3.05) is 0 Å². The van der Waals surface area contributed by atoms with Gasteiger partial charge in [0.1, 0.15) is 12.2 Å². The Morgan fingerprint density at radius 2 is 1.94 bits per heavy atom. The number of rotatable bonds is 3. The molecule has 0 fully saturated rings. The van der Waals surface area contributed by atoms with E-state index in [-0.39, 0.29) is 12.2 Å². The van der Waals surface area contributed by atoms with Crippen LogP contribution in [-0.2, 0) is 13.5 Å². The fraction of sp³-hybridized carbons (Fsp3) is 0.182. The van der Waals surface area contributed by atoms with Gasteiger partial charge in [-0.1, -0.05) is 31.9 Å². The van der Waals surface area contributed by atoms with Crippen LogP contribution in [0.25, 0.3) is 0 Å². The molecule has 0 saturated carbocycles. The average Bonchev–Trinajstić information content (AvgIpc) is 2.63. The smallest absolute Gasteiger partial charge is 0.170 e. The molecule has 1 aromatic carbocycles. The second-order valence-electron chi connectivity index (χ2n) is 3.56. The SMILES string of the molecule is Cn1ncnc1CC(=O)c1cc(Br)cc(Br)c1. The van der Waals surface area contributed by atoms with Gasteiger partial charge in [-0.15, -0.1) is 0 Å². The van der Waals surface area contributed by atoms with E-state index in [1.165, 1.54) is 6.33 Å². The molecule has 6 heteroatoms. The number of aryl methyl sites for hydroxylation is 1. The maximum absolute atomic E-state index is 12.0. The first-order valence-corrected chi connectivity index (χ1v) is 6.47. The lowest BCUT2D eigenvalue weighted by atomic mass is 10.1. The first kappa shape index (κ1) is 12.4. The lowest BCUT2D eigenvalue weighted by molar-refractivity contribution is 0.0989. The molecule has 17 heavy (non-hydrogen) atoms. The zero-order valence-corrected chi connectivity index (χ0v) is 12.2. The zero-order chi connectivity index (χ0) is 12.4. The molecule has 0 amide bonds. The van der Waals surface area contributed by atoms with Gasteiger partial charge in [0.05, 0.1) is 6.42 Å². The predicted octanol–water partition coefficient (Wildman–Crippen LogP) is 2.77. The maximum atomic E-state index is 12.0. The minimum absolute atomic E-state index is 0.0168. The van der Waals surface area contributed by atoms with Gasteiger partial charge >= 0.3 is 0 Å². The van der Waals surface area contributed by atoms with Gasteiger partial charge in [0.2, 0.25) is 0 Å². The number of hydrogen-bond donors (Lipinski definition) is 0. The summed E-state index contributed by atoms with van der Waals surface area (Å²) in [7, 11) is 1.77. The Labute approximate surface area is 115 Å². The van der Waals surface area contributed by atoms with Crippen LogP contribution in [0.2, 0.25) is 0 Å². The van der Waals surface area contributed by atoms with Gasteiger partial charge in [-0.05, 0) is 18.2 Å². The van der Waals surface area contributed by atoms with E-state index in [0.29, 0.717) is 11.4 Å². The number of carbonyl (C=O) groups is 1. The van der Waals surface area contributed by atoms with Crippen molar-refractivity contribution in [1.29, 1.82) is 0 Å². The third-order valence-corrected chi connectivity index (χ3v) is 3.22. The predicted molar refractivity (Wildman–Crippen MR) is 70.9 cm³/mol. The van der Waals surface area contributed by atoms with Crippen LogP contribution in [0.3, 0.4) is 0 Å². The molecule has 2 aromatic rings. The summed E-state index contributed by atoms with van der Waals surface area (Å²) < 4.78 is 3.34. The lowest BCUT2D eigenvalue weighted by Gasteiger charge is -2.02. The molecular formula is C11H9Br2N3O. The molecule has 88 valence electrons. The summed E-state index contributed by atoms with van der Waals surface area (Å²) in [5.41, 5.74) is 0.647. The Morgan fingerprint density at radius 3 is 2.47 bits per heavy atom. The summed E-state index contributed by atoms with van der Waals surface area (Å²) >= 11 is 6.72. The van der Waals surface area contributed by atoms with E-state index in [4.69, 9.17) is 0 Å². The molecule has 1 heterocycles. The van der Waals surface area contributed by atoms with E-state index in [2.05, 4.69) is 41.9 Å². The Kier molecular flexibility index (Phi) is 3.73. The fourth-order valence-corrected chi connectivity index (χ4v) is 2.73. The van der Waals surface area contributed by atoms with Crippen LogP contribution in [-0.4, -0.2) is 20.5 Å². The lowest BCUT2D eigenvalue weighted by Crippen LogP contribution is -2.09. The molecular weight excluding hydrogens is 350 g/mol. The molecule has 0 unspecified atom stereocenters. The summed E-state index contributed by atoms with van der Waals surface area (Å²) in [6, 6.07) is 5.48. The highest BCUT2D eigenvalue weighted by atomic mass is 79.9. The van der Waals surface area contributed by atoms with Crippen molar-refractivity contribution in [2.24, 2.45) is 7.05 Å². The monoisotopic (exact) mass is 357 g/mol. The molecule has 0 bridgehead atoms. The Bertz CT molecular complexity index is 545. The van der Waals surface area contributed by atoms with Gasteiger partial charge in [-0.2, -0.15) is 5.10 Å². The van der Waals surface area contributed by atoms with E-state index >= 15 is 0 Å². The summed E-state index contributed by atoms with van der Waals surface area (Å²) in [6.07, 6.45) is 1.69. The molecule has 1 aromatic heterocycles. The van der Waals surface area contributed by atoms with Gasteiger partial charge in [-0.25, -0.2) is 4.98 Å². The van der Waals surface area contributed by atoms with Crippen molar-refractivity contribution in [3.63, 3.8) is 0 Å². The van der Waals surface area contributed by atoms with Gasteiger partial charge < -0.3 is 0 Å². The van der Waals surface area contributed by atoms with Crippen molar-refractivity contribution < 1.29 is 4.79 Å². The number of Topliss-reactive ketones (excluding diaryl/α,β-unsaturated/α-hetero) is 1. The van der Waals surface area contributed by atoms with Crippen LogP contribution in [0.15, 0.2) is 33.5 Å². The quantitative estimate of drug-likeness (QED) is 0.792. The van der Waals surface area contributed by atoms with Gasteiger partial charge in [0.15, 0.2) is 5.78 Å². The van der Waals surface area contributed by atoms with Crippen LogP contribution >= 0.6 is 31.9 Å². The number of aromatic nitrogens is 3. The molecule has 0 aliphatic heterocycles. The zero-order valence-electron chi connectivity index (χ0n) is 9.02. The third kappa shape index (κ3) is 3.01. The van der Waals surface area contributed by atoms with E-state index in [0.717, 1.165) is 8.95 Å². The number of ketones is 1. The number of carbonyl (C=O) groups excluding carboxylic acids is 1. The van der Waals surface area contributed by atoms with E-state index in [9.17, 15) is 4.79 Å². The minimum Gasteiger partial charge on any atom is -0.294 e. The third-order valence-electron chi connectivity index (χ3n) is 2.31. The Hall–Kier alpha value is -1.01. The van der Waals surface area contributed by atoms with Crippen molar-refractivity contribution in [1.82, 2.24) is 14.8 Å². The number of benzene rings is 1. The van der Waals surface area contributed by atoms with Crippen molar-refractivity contribution in [2.45, 2.75) is 6.42 Å². The summed E-state index contributed by atoms with van der Waals surface area (Å²) in [5, 5.41) is 3.93. The van der Waals surface area contributed by atoms with Crippen LogP contribution in [0.4, 0.5) is 0 Å². The molecule has 0 atom stereocenters. The average molecular weight is 359 g/mol. The molecule has 2 rings (SSSR count). The molecule has 0 aliphatic rings.